The van der Waals surface area contributed by atoms with E-state index in [9.17, 15) is 14.5 Å². The van der Waals surface area contributed by atoms with Gasteiger partial charge >= 0.3 is 0 Å². The molecule has 0 atom stereocenters. The van der Waals surface area contributed by atoms with Gasteiger partial charge in [0, 0.05) is 12.1 Å². The number of nitriles is 1. The van der Waals surface area contributed by atoms with Crippen molar-refractivity contribution in [2.45, 2.75) is 0 Å². The fourth-order valence-corrected chi connectivity index (χ4v) is 1.65. The molecule has 0 spiro atoms. The van der Waals surface area contributed by atoms with Crippen molar-refractivity contribution in [2.24, 2.45) is 0 Å². The normalized spacial score (nSPS) is 9.85. The second kappa shape index (κ2) is 5.55. The molecule has 0 aromatic heterocycles. The molecule has 0 fully saturated rings. The zero-order valence-corrected chi connectivity index (χ0v) is 10.6. The highest BCUT2D eigenvalue weighted by Crippen LogP contribution is 2.33. The fraction of sp³-hybridized carbons (Fsp3) is 0. The Morgan fingerprint density at radius 3 is 2.70 bits per heavy atom. The summed E-state index contributed by atoms with van der Waals surface area (Å²) in [5.41, 5.74) is -0.136. The molecule has 0 saturated heterocycles. The quantitative estimate of drug-likeness (QED) is 0.631. The van der Waals surface area contributed by atoms with Gasteiger partial charge in [-0.25, -0.2) is 4.39 Å². The lowest BCUT2D eigenvalue weighted by atomic mass is 10.2. The molecule has 0 N–H and O–H groups in total. The third-order valence-electron chi connectivity index (χ3n) is 2.35. The van der Waals surface area contributed by atoms with Crippen LogP contribution < -0.4 is 4.74 Å². The van der Waals surface area contributed by atoms with Crippen LogP contribution in [-0.4, -0.2) is 4.92 Å². The number of non-ortho nitro benzene ring substituents is 1. The van der Waals surface area contributed by atoms with Crippen molar-refractivity contribution in [3.05, 3.63) is 62.9 Å². The van der Waals surface area contributed by atoms with E-state index < -0.39 is 10.7 Å². The summed E-state index contributed by atoms with van der Waals surface area (Å²) < 4.78 is 18.5. The minimum absolute atomic E-state index is 0.00959. The first-order valence-corrected chi connectivity index (χ1v) is 5.70. The van der Waals surface area contributed by atoms with Crippen molar-refractivity contribution in [1.82, 2.24) is 0 Å². The van der Waals surface area contributed by atoms with E-state index >= 15 is 0 Å². The van der Waals surface area contributed by atoms with E-state index in [4.69, 9.17) is 21.6 Å². The maximum Gasteiger partial charge on any atom is 0.273 e. The number of halogens is 2. The van der Waals surface area contributed by atoms with Gasteiger partial charge in [-0.3, -0.25) is 10.1 Å². The molecular weight excluding hydrogens is 287 g/mol. The molecule has 0 radical (unpaired) electrons. The smallest absolute Gasteiger partial charge is 0.273 e. The fourth-order valence-electron chi connectivity index (χ4n) is 1.50. The van der Waals surface area contributed by atoms with Crippen LogP contribution in [-0.2, 0) is 0 Å². The Bertz CT molecular complexity index is 728. The summed E-state index contributed by atoms with van der Waals surface area (Å²) in [4.78, 5) is 10.1. The van der Waals surface area contributed by atoms with E-state index in [1.54, 1.807) is 6.07 Å². The summed E-state index contributed by atoms with van der Waals surface area (Å²) in [5.74, 6) is -0.611. The summed E-state index contributed by atoms with van der Waals surface area (Å²) in [6.07, 6.45) is 0. The van der Waals surface area contributed by atoms with Gasteiger partial charge in [0.2, 0.25) is 0 Å². The summed E-state index contributed by atoms with van der Waals surface area (Å²) in [6, 6.07) is 8.83. The van der Waals surface area contributed by atoms with Gasteiger partial charge < -0.3 is 4.74 Å². The SMILES string of the molecule is N#Cc1cc(F)cc(Oc2cc([N+](=O)[O-])ccc2Cl)c1. The Labute approximate surface area is 117 Å². The lowest BCUT2D eigenvalue weighted by Crippen LogP contribution is -1.91. The maximum atomic E-state index is 13.3. The summed E-state index contributed by atoms with van der Waals surface area (Å²) in [6.45, 7) is 0. The molecule has 0 heterocycles. The molecule has 0 saturated carbocycles. The van der Waals surface area contributed by atoms with Crippen LogP contribution in [0.2, 0.25) is 5.02 Å². The van der Waals surface area contributed by atoms with Crippen LogP contribution in [0, 0.1) is 27.3 Å². The Kier molecular flexibility index (Phi) is 3.82. The number of hydrogen-bond acceptors (Lipinski definition) is 4. The second-order valence-corrected chi connectivity index (χ2v) is 4.17. The van der Waals surface area contributed by atoms with E-state index in [2.05, 4.69) is 0 Å². The highest BCUT2D eigenvalue weighted by atomic mass is 35.5. The zero-order chi connectivity index (χ0) is 14.7. The van der Waals surface area contributed by atoms with Crippen LogP contribution in [0.5, 0.6) is 11.5 Å². The molecule has 0 unspecified atom stereocenters. The molecule has 0 aliphatic heterocycles. The minimum atomic E-state index is -0.652. The van der Waals surface area contributed by atoms with Gasteiger partial charge in [-0.2, -0.15) is 5.26 Å². The molecular formula is C13H6ClFN2O3. The van der Waals surface area contributed by atoms with Gasteiger partial charge in [0.15, 0.2) is 5.75 Å². The monoisotopic (exact) mass is 292 g/mol. The third kappa shape index (κ3) is 3.02. The van der Waals surface area contributed by atoms with Gasteiger partial charge in [0.05, 0.1) is 27.6 Å². The first kappa shape index (κ1) is 13.8. The molecule has 5 nitrogen and oxygen atoms in total. The highest BCUT2D eigenvalue weighted by molar-refractivity contribution is 6.32. The van der Waals surface area contributed by atoms with Crippen LogP contribution in [0.1, 0.15) is 5.56 Å². The van der Waals surface area contributed by atoms with Crippen molar-refractivity contribution in [3.8, 4) is 17.6 Å². The Morgan fingerprint density at radius 2 is 2.05 bits per heavy atom. The van der Waals surface area contributed by atoms with Gasteiger partial charge in [-0.15, -0.1) is 0 Å². The highest BCUT2D eigenvalue weighted by Gasteiger charge is 2.12. The first-order valence-electron chi connectivity index (χ1n) is 5.32. The summed E-state index contributed by atoms with van der Waals surface area (Å²) in [7, 11) is 0. The Balaban J connectivity index is 2.39. The third-order valence-corrected chi connectivity index (χ3v) is 2.67. The number of ether oxygens (including phenoxy) is 1. The number of benzene rings is 2. The van der Waals surface area contributed by atoms with Crippen molar-refractivity contribution in [3.63, 3.8) is 0 Å². The molecule has 0 amide bonds. The molecule has 2 aromatic carbocycles. The topological polar surface area (TPSA) is 76.2 Å². The molecule has 0 bridgehead atoms. The first-order chi connectivity index (χ1) is 9.49. The van der Waals surface area contributed by atoms with Crippen LogP contribution in [0.25, 0.3) is 0 Å². The van der Waals surface area contributed by atoms with Crippen molar-refractivity contribution < 1.29 is 14.1 Å². The summed E-state index contributed by atoms with van der Waals surface area (Å²) in [5, 5.41) is 19.5. The molecule has 0 aliphatic carbocycles. The maximum absolute atomic E-state index is 13.3. The van der Waals surface area contributed by atoms with E-state index in [1.807, 2.05) is 0 Å². The average molecular weight is 293 g/mol. The standard InChI is InChI=1S/C13H6ClFN2O3/c14-12-2-1-10(17(18)19)6-13(12)20-11-4-8(7-16)3-9(15)5-11/h1-6H. The number of nitro benzene ring substituents is 1. The van der Waals surface area contributed by atoms with Crippen molar-refractivity contribution in [2.75, 3.05) is 0 Å². The van der Waals surface area contributed by atoms with Crippen LogP contribution in [0.3, 0.4) is 0 Å². The predicted octanol–water partition coefficient (Wildman–Crippen LogP) is 4.05. The van der Waals surface area contributed by atoms with Gasteiger partial charge in [-0.05, 0) is 18.2 Å². The summed E-state index contributed by atoms with van der Waals surface area (Å²) >= 11 is 5.86. The largest absolute Gasteiger partial charge is 0.455 e. The van der Waals surface area contributed by atoms with E-state index in [1.165, 1.54) is 18.2 Å². The van der Waals surface area contributed by atoms with Gasteiger partial charge in [0.25, 0.3) is 5.69 Å². The lowest BCUT2D eigenvalue weighted by molar-refractivity contribution is -0.384. The molecule has 2 rings (SSSR count). The average Bonchev–Trinajstić information content (AvgIpc) is 2.40. The predicted molar refractivity (Wildman–Crippen MR) is 69.3 cm³/mol. The molecule has 2 aromatic rings. The molecule has 20 heavy (non-hydrogen) atoms. The molecule has 0 aliphatic rings. The second-order valence-electron chi connectivity index (χ2n) is 3.76. The molecule has 100 valence electrons. The van der Waals surface area contributed by atoms with Gasteiger partial charge in [0.1, 0.15) is 11.6 Å². The van der Waals surface area contributed by atoms with E-state index in [-0.39, 0.29) is 27.8 Å². The van der Waals surface area contributed by atoms with Crippen LogP contribution in [0.15, 0.2) is 36.4 Å². The number of hydrogen-bond donors (Lipinski definition) is 0. The zero-order valence-electron chi connectivity index (χ0n) is 9.84. The van der Waals surface area contributed by atoms with E-state index in [0.29, 0.717) is 0 Å². The van der Waals surface area contributed by atoms with Crippen LogP contribution in [0.4, 0.5) is 10.1 Å². The van der Waals surface area contributed by atoms with E-state index in [0.717, 1.165) is 18.2 Å². The lowest BCUT2D eigenvalue weighted by Gasteiger charge is -2.07. The van der Waals surface area contributed by atoms with Gasteiger partial charge in [-0.1, -0.05) is 11.6 Å². The minimum Gasteiger partial charge on any atom is -0.455 e. The molecule has 7 heteroatoms. The van der Waals surface area contributed by atoms with Crippen molar-refractivity contribution >= 4 is 17.3 Å². The van der Waals surface area contributed by atoms with Crippen molar-refractivity contribution in [1.29, 1.82) is 5.26 Å². The number of nitro groups is 1. The number of rotatable bonds is 3. The number of nitrogens with zero attached hydrogens (tertiary/aromatic N) is 2. The van der Waals surface area contributed by atoms with Crippen LogP contribution >= 0.6 is 11.6 Å². The Hall–Kier alpha value is -2.65. The Morgan fingerprint density at radius 1 is 1.30 bits per heavy atom.